The fourth-order valence-corrected chi connectivity index (χ4v) is 0.810. The third kappa shape index (κ3) is 5.65. The van der Waals surface area contributed by atoms with Crippen LogP contribution >= 0.6 is 0 Å². The summed E-state index contributed by atoms with van der Waals surface area (Å²) in [7, 11) is 0. The molecule has 0 nitrogen and oxygen atoms in total. The Bertz CT molecular complexity index is 161. The molecule has 0 aromatic carbocycles. The first-order valence-corrected chi connectivity index (χ1v) is 4.16. The van der Waals surface area contributed by atoms with Crippen LogP contribution in [-0.4, -0.2) is 0 Å². The molecule has 0 fully saturated rings. The number of allylic oxidation sites excluding steroid dienone is 4. The van der Waals surface area contributed by atoms with Gasteiger partial charge in [0.1, 0.15) is 0 Å². The Morgan fingerprint density at radius 1 is 1.45 bits per heavy atom. The molecule has 0 spiro atoms. The molecular weight excluding hydrogens is 132 g/mol. The van der Waals surface area contributed by atoms with E-state index >= 15 is 0 Å². The van der Waals surface area contributed by atoms with E-state index in [0.29, 0.717) is 0 Å². The summed E-state index contributed by atoms with van der Waals surface area (Å²) in [5.74, 6) is 0. The van der Waals surface area contributed by atoms with Crippen LogP contribution in [0.2, 0.25) is 0 Å². The molecule has 0 N–H and O–H groups in total. The minimum atomic E-state index is 1.03. The maximum absolute atomic E-state index is 3.96. The first kappa shape index (κ1) is 10.2. The molecule has 0 amide bonds. The van der Waals surface area contributed by atoms with Gasteiger partial charge >= 0.3 is 0 Å². The second-order valence-corrected chi connectivity index (χ2v) is 2.83. The van der Waals surface area contributed by atoms with E-state index in [1.807, 2.05) is 6.08 Å². The van der Waals surface area contributed by atoms with E-state index in [1.165, 1.54) is 11.1 Å². The summed E-state index contributed by atoms with van der Waals surface area (Å²) in [6.07, 6.45) is 7.30. The van der Waals surface area contributed by atoms with Crippen molar-refractivity contribution in [1.29, 1.82) is 0 Å². The van der Waals surface area contributed by atoms with Gasteiger partial charge in [-0.2, -0.15) is 0 Å². The fourth-order valence-electron chi connectivity index (χ4n) is 0.810. The number of hydrogen-bond acceptors (Lipinski definition) is 0. The maximum Gasteiger partial charge on any atom is -0.0250 e. The Morgan fingerprint density at radius 2 is 2.09 bits per heavy atom. The summed E-state index contributed by atoms with van der Waals surface area (Å²) < 4.78 is 0. The SMILES string of the molecule is C=CCCC(=C)C=C(C)CC. The third-order valence-corrected chi connectivity index (χ3v) is 1.68. The number of hydrogen-bond donors (Lipinski definition) is 0. The van der Waals surface area contributed by atoms with Crippen LogP contribution in [0.25, 0.3) is 0 Å². The van der Waals surface area contributed by atoms with Crippen LogP contribution in [0.15, 0.2) is 36.5 Å². The molecule has 0 saturated carbocycles. The van der Waals surface area contributed by atoms with Crippen LogP contribution in [0.4, 0.5) is 0 Å². The smallest absolute Gasteiger partial charge is 0.0250 e. The molecule has 0 radical (unpaired) electrons. The Labute approximate surface area is 70.3 Å². The van der Waals surface area contributed by atoms with Gasteiger partial charge in [-0.25, -0.2) is 0 Å². The highest BCUT2D eigenvalue weighted by Crippen LogP contribution is 2.09. The van der Waals surface area contributed by atoms with Crippen molar-refractivity contribution in [3.63, 3.8) is 0 Å². The van der Waals surface area contributed by atoms with E-state index in [1.54, 1.807) is 0 Å². The van der Waals surface area contributed by atoms with Gasteiger partial charge in [0.25, 0.3) is 0 Å². The molecule has 11 heavy (non-hydrogen) atoms. The van der Waals surface area contributed by atoms with Gasteiger partial charge in [0, 0.05) is 0 Å². The van der Waals surface area contributed by atoms with E-state index in [0.717, 1.165) is 19.3 Å². The Morgan fingerprint density at radius 3 is 2.55 bits per heavy atom. The van der Waals surface area contributed by atoms with E-state index in [2.05, 4.69) is 33.1 Å². The molecule has 0 heterocycles. The van der Waals surface area contributed by atoms with Crippen LogP contribution in [0.5, 0.6) is 0 Å². The standard InChI is InChI=1S/C11H18/c1-5-7-8-11(4)9-10(3)6-2/h5,9H,1,4,6-8H2,2-3H3. The van der Waals surface area contributed by atoms with Crippen molar-refractivity contribution in [2.24, 2.45) is 0 Å². The molecular formula is C11H18. The Hall–Kier alpha value is -0.780. The van der Waals surface area contributed by atoms with Gasteiger partial charge in [-0.3, -0.25) is 0 Å². The van der Waals surface area contributed by atoms with Gasteiger partial charge in [0.2, 0.25) is 0 Å². The normalized spacial score (nSPS) is 11.3. The lowest BCUT2D eigenvalue weighted by molar-refractivity contribution is 0.999. The first-order chi connectivity index (χ1) is 5.20. The fraction of sp³-hybridized carbons (Fsp3) is 0.455. The quantitative estimate of drug-likeness (QED) is 0.412. The molecule has 0 aliphatic carbocycles. The van der Waals surface area contributed by atoms with Crippen LogP contribution in [0.1, 0.15) is 33.1 Å². The lowest BCUT2D eigenvalue weighted by Crippen LogP contribution is -1.78. The van der Waals surface area contributed by atoms with Crippen molar-refractivity contribution in [2.75, 3.05) is 0 Å². The molecule has 0 aliphatic heterocycles. The average Bonchev–Trinajstić information content (AvgIpc) is 2.00. The van der Waals surface area contributed by atoms with Gasteiger partial charge in [-0.15, -0.1) is 6.58 Å². The molecule has 62 valence electrons. The van der Waals surface area contributed by atoms with Crippen LogP contribution < -0.4 is 0 Å². The molecule has 0 saturated heterocycles. The third-order valence-electron chi connectivity index (χ3n) is 1.68. The van der Waals surface area contributed by atoms with Crippen LogP contribution in [0, 0.1) is 0 Å². The molecule has 0 aliphatic rings. The van der Waals surface area contributed by atoms with E-state index in [-0.39, 0.29) is 0 Å². The van der Waals surface area contributed by atoms with Crippen molar-refractivity contribution in [3.8, 4) is 0 Å². The van der Waals surface area contributed by atoms with Gasteiger partial charge in [-0.05, 0) is 26.2 Å². The Balaban J connectivity index is 3.76. The zero-order valence-electron chi connectivity index (χ0n) is 7.69. The minimum Gasteiger partial charge on any atom is -0.103 e. The summed E-state index contributed by atoms with van der Waals surface area (Å²) in [6, 6.07) is 0. The van der Waals surface area contributed by atoms with Crippen molar-refractivity contribution >= 4 is 0 Å². The highest BCUT2D eigenvalue weighted by atomic mass is 13.9. The largest absolute Gasteiger partial charge is 0.103 e. The second kappa shape index (κ2) is 5.96. The summed E-state index contributed by atoms with van der Waals surface area (Å²) in [6.45, 7) is 11.9. The molecule has 0 aromatic heterocycles. The van der Waals surface area contributed by atoms with Crippen molar-refractivity contribution in [1.82, 2.24) is 0 Å². The van der Waals surface area contributed by atoms with Crippen LogP contribution in [-0.2, 0) is 0 Å². The predicted molar refractivity (Wildman–Crippen MR) is 52.6 cm³/mol. The molecule has 0 rings (SSSR count). The summed E-state index contributed by atoms with van der Waals surface area (Å²) in [5, 5.41) is 0. The number of rotatable bonds is 5. The van der Waals surface area contributed by atoms with Gasteiger partial charge in [-0.1, -0.05) is 36.8 Å². The Kier molecular flexibility index (Phi) is 5.54. The molecule has 0 aromatic rings. The first-order valence-electron chi connectivity index (χ1n) is 4.16. The molecule has 0 heteroatoms. The van der Waals surface area contributed by atoms with Gasteiger partial charge in [0.05, 0.1) is 0 Å². The minimum absolute atomic E-state index is 1.03. The van der Waals surface area contributed by atoms with Gasteiger partial charge in [0.15, 0.2) is 0 Å². The van der Waals surface area contributed by atoms with E-state index < -0.39 is 0 Å². The molecule has 0 unspecified atom stereocenters. The summed E-state index contributed by atoms with van der Waals surface area (Å²) in [4.78, 5) is 0. The van der Waals surface area contributed by atoms with E-state index in [9.17, 15) is 0 Å². The highest BCUT2D eigenvalue weighted by molar-refractivity contribution is 5.19. The maximum atomic E-state index is 3.96. The zero-order valence-corrected chi connectivity index (χ0v) is 7.69. The lowest BCUT2D eigenvalue weighted by Gasteiger charge is -1.98. The van der Waals surface area contributed by atoms with E-state index in [4.69, 9.17) is 0 Å². The second-order valence-electron chi connectivity index (χ2n) is 2.83. The highest BCUT2D eigenvalue weighted by Gasteiger charge is 1.88. The van der Waals surface area contributed by atoms with Gasteiger partial charge < -0.3 is 0 Å². The summed E-state index contributed by atoms with van der Waals surface area (Å²) >= 11 is 0. The van der Waals surface area contributed by atoms with Crippen molar-refractivity contribution in [2.45, 2.75) is 33.1 Å². The zero-order chi connectivity index (χ0) is 8.69. The molecule has 0 bridgehead atoms. The monoisotopic (exact) mass is 150 g/mol. The summed E-state index contributed by atoms with van der Waals surface area (Å²) in [5.41, 5.74) is 2.61. The van der Waals surface area contributed by atoms with Crippen LogP contribution in [0.3, 0.4) is 0 Å². The lowest BCUT2D eigenvalue weighted by atomic mass is 10.1. The van der Waals surface area contributed by atoms with Crippen molar-refractivity contribution in [3.05, 3.63) is 36.5 Å². The molecule has 0 atom stereocenters. The van der Waals surface area contributed by atoms with Crippen molar-refractivity contribution < 1.29 is 0 Å². The average molecular weight is 150 g/mol. The topological polar surface area (TPSA) is 0 Å². The predicted octanol–water partition coefficient (Wildman–Crippen LogP) is 3.87.